The highest BCUT2D eigenvalue weighted by Gasteiger charge is 2.24. The summed E-state index contributed by atoms with van der Waals surface area (Å²) in [6.45, 7) is 5.58. The SMILES string of the molecule is CC[C@H](C(=O)Nc1cc(C)on1)[S@@](=O)Cc1ccccc1C. The average Bonchev–Trinajstić information content (AvgIpc) is 2.87. The van der Waals surface area contributed by atoms with Crippen molar-refractivity contribution in [1.82, 2.24) is 5.16 Å². The first-order chi connectivity index (χ1) is 10.5. The molecule has 2 rings (SSSR count). The van der Waals surface area contributed by atoms with Crippen LogP contribution in [0.2, 0.25) is 0 Å². The molecule has 0 fully saturated rings. The minimum absolute atomic E-state index is 0.289. The van der Waals surface area contributed by atoms with E-state index in [4.69, 9.17) is 4.52 Å². The van der Waals surface area contributed by atoms with Crippen molar-refractivity contribution in [2.24, 2.45) is 0 Å². The quantitative estimate of drug-likeness (QED) is 0.888. The Balaban J connectivity index is 2.05. The van der Waals surface area contributed by atoms with Crippen molar-refractivity contribution < 1.29 is 13.5 Å². The number of rotatable bonds is 6. The summed E-state index contributed by atoms with van der Waals surface area (Å²) in [7, 11) is -1.29. The molecule has 2 aromatic rings. The minimum Gasteiger partial charge on any atom is -0.360 e. The highest BCUT2D eigenvalue weighted by Crippen LogP contribution is 2.16. The molecule has 0 bridgehead atoms. The maximum Gasteiger partial charge on any atom is 0.241 e. The van der Waals surface area contributed by atoms with E-state index >= 15 is 0 Å². The molecular weight excluding hydrogens is 300 g/mol. The number of nitrogens with one attached hydrogen (secondary N) is 1. The Morgan fingerprint density at radius 2 is 2.09 bits per heavy atom. The second kappa shape index (κ2) is 7.35. The molecule has 5 nitrogen and oxygen atoms in total. The summed E-state index contributed by atoms with van der Waals surface area (Å²) in [5.74, 6) is 1.05. The first-order valence-corrected chi connectivity index (χ1v) is 8.55. The molecule has 2 atom stereocenters. The van der Waals surface area contributed by atoms with Gasteiger partial charge in [-0.15, -0.1) is 0 Å². The number of benzene rings is 1. The maximum absolute atomic E-state index is 12.5. The number of nitrogens with zero attached hydrogens (tertiary/aromatic N) is 1. The third-order valence-electron chi connectivity index (χ3n) is 3.42. The molecule has 1 amide bonds. The second-order valence-electron chi connectivity index (χ2n) is 5.16. The molecule has 0 aliphatic carbocycles. The topological polar surface area (TPSA) is 72.2 Å². The van der Waals surface area contributed by atoms with E-state index in [0.29, 0.717) is 23.8 Å². The smallest absolute Gasteiger partial charge is 0.241 e. The fourth-order valence-corrected chi connectivity index (χ4v) is 3.65. The lowest BCUT2D eigenvalue weighted by Crippen LogP contribution is -2.32. The van der Waals surface area contributed by atoms with Gasteiger partial charge in [0.15, 0.2) is 5.82 Å². The molecule has 0 aliphatic heterocycles. The van der Waals surface area contributed by atoms with Gasteiger partial charge in [0.2, 0.25) is 5.91 Å². The van der Waals surface area contributed by atoms with Gasteiger partial charge in [-0.3, -0.25) is 9.00 Å². The Labute approximate surface area is 132 Å². The van der Waals surface area contributed by atoms with Crippen LogP contribution in [0.25, 0.3) is 0 Å². The molecule has 0 spiro atoms. The number of aryl methyl sites for hydroxylation is 2. The van der Waals surface area contributed by atoms with Crippen molar-refractivity contribution in [2.75, 3.05) is 5.32 Å². The van der Waals surface area contributed by atoms with Gasteiger partial charge >= 0.3 is 0 Å². The third-order valence-corrected chi connectivity index (χ3v) is 5.20. The molecule has 0 saturated heterocycles. The molecule has 22 heavy (non-hydrogen) atoms. The van der Waals surface area contributed by atoms with Gasteiger partial charge in [-0.1, -0.05) is 36.3 Å². The van der Waals surface area contributed by atoms with E-state index in [1.165, 1.54) is 0 Å². The van der Waals surface area contributed by atoms with Gasteiger partial charge in [-0.25, -0.2) is 0 Å². The van der Waals surface area contributed by atoms with Crippen molar-refractivity contribution in [3.05, 3.63) is 47.2 Å². The van der Waals surface area contributed by atoms with Gasteiger partial charge in [0.1, 0.15) is 11.0 Å². The Kier molecular flexibility index (Phi) is 5.49. The first kappa shape index (κ1) is 16.4. The van der Waals surface area contributed by atoms with Crippen LogP contribution in [-0.4, -0.2) is 20.5 Å². The Morgan fingerprint density at radius 1 is 1.36 bits per heavy atom. The van der Waals surface area contributed by atoms with E-state index in [1.54, 1.807) is 13.0 Å². The number of amides is 1. The molecule has 1 aromatic heterocycles. The number of carbonyl (C=O) groups excluding carboxylic acids is 1. The molecule has 0 aliphatic rings. The van der Waals surface area contributed by atoms with E-state index in [2.05, 4.69) is 10.5 Å². The lowest BCUT2D eigenvalue weighted by Gasteiger charge is -2.14. The number of hydrogen-bond acceptors (Lipinski definition) is 4. The Hall–Kier alpha value is -1.95. The van der Waals surface area contributed by atoms with Crippen LogP contribution < -0.4 is 5.32 Å². The van der Waals surface area contributed by atoms with Crippen molar-refractivity contribution in [1.29, 1.82) is 0 Å². The monoisotopic (exact) mass is 320 g/mol. The number of carbonyl (C=O) groups is 1. The van der Waals surface area contributed by atoms with Gasteiger partial charge in [0, 0.05) is 22.6 Å². The van der Waals surface area contributed by atoms with Gasteiger partial charge in [0.25, 0.3) is 0 Å². The number of anilines is 1. The summed E-state index contributed by atoms with van der Waals surface area (Å²) in [6, 6.07) is 9.41. The Bertz CT molecular complexity index is 682. The van der Waals surface area contributed by atoms with Crippen molar-refractivity contribution >= 4 is 22.5 Å². The van der Waals surface area contributed by atoms with Crippen molar-refractivity contribution in [2.45, 2.75) is 38.2 Å². The van der Waals surface area contributed by atoms with Crippen molar-refractivity contribution in [3.8, 4) is 0 Å². The summed E-state index contributed by atoms with van der Waals surface area (Å²) in [6.07, 6.45) is 0.501. The Morgan fingerprint density at radius 3 is 2.68 bits per heavy atom. The highest BCUT2D eigenvalue weighted by atomic mass is 32.2. The normalized spacial score (nSPS) is 13.6. The van der Waals surface area contributed by atoms with E-state index in [1.807, 2.05) is 38.1 Å². The minimum atomic E-state index is -1.29. The molecule has 6 heteroatoms. The lowest BCUT2D eigenvalue weighted by atomic mass is 10.1. The lowest BCUT2D eigenvalue weighted by molar-refractivity contribution is -0.115. The zero-order valence-corrected chi connectivity index (χ0v) is 13.8. The third kappa shape index (κ3) is 4.04. The van der Waals surface area contributed by atoms with Crippen LogP contribution in [0.1, 0.15) is 30.2 Å². The van der Waals surface area contributed by atoms with Gasteiger partial charge in [-0.2, -0.15) is 0 Å². The molecular formula is C16H20N2O3S. The average molecular weight is 320 g/mol. The number of aromatic nitrogens is 1. The zero-order chi connectivity index (χ0) is 16.1. The van der Waals surface area contributed by atoms with Crippen LogP contribution in [-0.2, 0) is 21.3 Å². The van der Waals surface area contributed by atoms with Crippen molar-refractivity contribution in [3.63, 3.8) is 0 Å². The largest absolute Gasteiger partial charge is 0.360 e. The molecule has 1 N–H and O–H groups in total. The van der Waals surface area contributed by atoms with Gasteiger partial charge in [0.05, 0.1) is 0 Å². The van der Waals surface area contributed by atoms with Crippen LogP contribution >= 0.6 is 0 Å². The van der Waals surface area contributed by atoms with Gasteiger partial charge < -0.3 is 9.84 Å². The van der Waals surface area contributed by atoms with Crippen LogP contribution in [0.5, 0.6) is 0 Å². The van der Waals surface area contributed by atoms with Crippen LogP contribution in [0, 0.1) is 13.8 Å². The van der Waals surface area contributed by atoms with Crippen LogP contribution in [0.4, 0.5) is 5.82 Å². The zero-order valence-electron chi connectivity index (χ0n) is 13.0. The fourth-order valence-electron chi connectivity index (χ4n) is 2.15. The van der Waals surface area contributed by atoms with Crippen LogP contribution in [0.15, 0.2) is 34.9 Å². The molecule has 0 radical (unpaired) electrons. The molecule has 118 valence electrons. The number of hydrogen-bond donors (Lipinski definition) is 1. The summed E-state index contributed by atoms with van der Waals surface area (Å²) in [5.41, 5.74) is 2.09. The molecule has 0 unspecified atom stereocenters. The summed E-state index contributed by atoms with van der Waals surface area (Å²) in [4.78, 5) is 12.3. The maximum atomic E-state index is 12.5. The fraction of sp³-hybridized carbons (Fsp3) is 0.375. The predicted octanol–water partition coefficient (Wildman–Crippen LogP) is 2.96. The second-order valence-corrected chi connectivity index (χ2v) is 6.78. The van der Waals surface area contributed by atoms with E-state index in [9.17, 15) is 9.00 Å². The first-order valence-electron chi connectivity index (χ1n) is 7.17. The highest BCUT2D eigenvalue weighted by molar-refractivity contribution is 7.85. The van der Waals surface area contributed by atoms with E-state index < -0.39 is 16.0 Å². The van der Waals surface area contributed by atoms with E-state index in [0.717, 1.165) is 11.1 Å². The summed E-state index contributed by atoms with van der Waals surface area (Å²) in [5, 5.41) is 5.81. The molecule has 0 saturated carbocycles. The van der Waals surface area contributed by atoms with Gasteiger partial charge in [-0.05, 0) is 31.4 Å². The van der Waals surface area contributed by atoms with Crippen LogP contribution in [0.3, 0.4) is 0 Å². The van der Waals surface area contributed by atoms with E-state index in [-0.39, 0.29) is 5.91 Å². The standard InChI is InChI=1S/C16H20N2O3S/c1-4-14(16(19)17-15-9-12(3)21-18-15)22(20)10-13-8-6-5-7-11(13)2/h5-9,14H,4,10H2,1-3H3,(H,17,18,19)/t14-,22+/m1/s1. The predicted molar refractivity (Wildman–Crippen MR) is 87.0 cm³/mol. The summed E-state index contributed by atoms with van der Waals surface area (Å²) >= 11 is 0. The molecule has 1 heterocycles. The molecule has 1 aromatic carbocycles. The summed E-state index contributed by atoms with van der Waals surface area (Å²) < 4.78 is 17.4.